The molecular formula is C16H32N2. The van der Waals surface area contributed by atoms with Crippen LogP contribution >= 0.6 is 0 Å². The lowest BCUT2D eigenvalue weighted by Gasteiger charge is -2.46. The molecule has 1 aliphatic heterocycles. The van der Waals surface area contributed by atoms with E-state index in [1.165, 1.54) is 45.2 Å². The Morgan fingerprint density at radius 2 is 2.00 bits per heavy atom. The lowest BCUT2D eigenvalue weighted by atomic mass is 9.85. The molecule has 0 aromatic rings. The van der Waals surface area contributed by atoms with E-state index in [1.54, 1.807) is 0 Å². The number of rotatable bonds is 3. The van der Waals surface area contributed by atoms with Gasteiger partial charge in [0.1, 0.15) is 0 Å². The summed E-state index contributed by atoms with van der Waals surface area (Å²) >= 11 is 0. The third kappa shape index (κ3) is 3.71. The summed E-state index contributed by atoms with van der Waals surface area (Å²) in [5, 5.41) is 3.74. The summed E-state index contributed by atoms with van der Waals surface area (Å²) < 4.78 is 0. The van der Waals surface area contributed by atoms with Crippen LogP contribution in [-0.2, 0) is 0 Å². The molecule has 0 radical (unpaired) electrons. The summed E-state index contributed by atoms with van der Waals surface area (Å²) in [5.74, 6) is 1.75. The first kappa shape index (κ1) is 14.3. The Bertz CT molecular complexity index is 251. The van der Waals surface area contributed by atoms with E-state index in [4.69, 9.17) is 0 Å². The highest BCUT2D eigenvalue weighted by Crippen LogP contribution is 2.29. The second-order valence-corrected chi connectivity index (χ2v) is 7.21. The highest BCUT2D eigenvalue weighted by atomic mass is 15.2. The molecule has 2 nitrogen and oxygen atoms in total. The molecule has 1 saturated carbocycles. The van der Waals surface area contributed by atoms with Gasteiger partial charge in [-0.1, -0.05) is 33.6 Å². The van der Waals surface area contributed by atoms with Crippen molar-refractivity contribution in [1.29, 1.82) is 0 Å². The second-order valence-electron chi connectivity index (χ2n) is 7.21. The van der Waals surface area contributed by atoms with Gasteiger partial charge in [0.15, 0.2) is 0 Å². The zero-order valence-electron chi connectivity index (χ0n) is 12.8. The summed E-state index contributed by atoms with van der Waals surface area (Å²) in [6, 6.07) is 2.31. The third-order valence-corrected chi connectivity index (χ3v) is 4.83. The molecule has 4 atom stereocenters. The maximum Gasteiger partial charge on any atom is 0.0198 e. The molecule has 0 aromatic carbocycles. The van der Waals surface area contributed by atoms with Gasteiger partial charge in [-0.25, -0.2) is 0 Å². The smallest absolute Gasteiger partial charge is 0.0198 e. The molecule has 2 fully saturated rings. The van der Waals surface area contributed by atoms with Crippen LogP contribution in [0.1, 0.15) is 59.8 Å². The molecule has 1 saturated heterocycles. The van der Waals surface area contributed by atoms with Crippen LogP contribution in [0.5, 0.6) is 0 Å². The maximum atomic E-state index is 3.74. The van der Waals surface area contributed by atoms with E-state index in [9.17, 15) is 0 Å². The van der Waals surface area contributed by atoms with Crippen molar-refractivity contribution in [2.45, 2.75) is 77.9 Å². The average molecular weight is 252 g/mol. The number of piperazine rings is 1. The van der Waals surface area contributed by atoms with Crippen LogP contribution in [0.4, 0.5) is 0 Å². The minimum atomic E-state index is 0.721. The predicted molar refractivity (Wildman–Crippen MR) is 78.8 cm³/mol. The Kier molecular flexibility index (Phi) is 5.08. The monoisotopic (exact) mass is 252 g/mol. The number of hydrogen-bond acceptors (Lipinski definition) is 2. The van der Waals surface area contributed by atoms with E-state index in [2.05, 4.69) is 37.9 Å². The molecule has 4 unspecified atom stereocenters. The van der Waals surface area contributed by atoms with Gasteiger partial charge in [-0.15, -0.1) is 0 Å². The quantitative estimate of drug-likeness (QED) is 0.829. The molecule has 0 aromatic heterocycles. The van der Waals surface area contributed by atoms with Crippen molar-refractivity contribution in [3.63, 3.8) is 0 Å². The van der Waals surface area contributed by atoms with E-state index in [1.807, 2.05) is 0 Å². The van der Waals surface area contributed by atoms with E-state index < -0.39 is 0 Å². The highest BCUT2D eigenvalue weighted by molar-refractivity contribution is 4.90. The molecule has 2 heteroatoms. The van der Waals surface area contributed by atoms with Crippen molar-refractivity contribution < 1.29 is 0 Å². The van der Waals surface area contributed by atoms with E-state index >= 15 is 0 Å². The fourth-order valence-corrected chi connectivity index (χ4v) is 3.89. The molecule has 106 valence electrons. The van der Waals surface area contributed by atoms with Gasteiger partial charge in [-0.3, -0.25) is 4.90 Å². The standard InChI is InChI=1S/C16H32N2/c1-12(2)8-15-11-18(14(4)10-17-15)16-7-5-6-13(3)9-16/h12-17H,5-11H2,1-4H3. The summed E-state index contributed by atoms with van der Waals surface area (Å²) in [4.78, 5) is 2.82. The van der Waals surface area contributed by atoms with E-state index in [0.717, 1.165) is 30.0 Å². The highest BCUT2D eigenvalue weighted by Gasteiger charge is 2.32. The Labute approximate surface area is 114 Å². The van der Waals surface area contributed by atoms with E-state index in [-0.39, 0.29) is 0 Å². The van der Waals surface area contributed by atoms with Crippen molar-refractivity contribution in [3.8, 4) is 0 Å². The first-order chi connectivity index (χ1) is 8.56. The summed E-state index contributed by atoms with van der Waals surface area (Å²) in [6.07, 6.45) is 7.08. The van der Waals surface area contributed by atoms with Gasteiger partial charge in [0.25, 0.3) is 0 Å². The van der Waals surface area contributed by atoms with Gasteiger partial charge in [0, 0.05) is 31.2 Å². The molecule has 1 N–H and O–H groups in total. The van der Waals surface area contributed by atoms with Gasteiger partial charge < -0.3 is 5.32 Å². The van der Waals surface area contributed by atoms with Gasteiger partial charge in [-0.2, -0.15) is 0 Å². The minimum absolute atomic E-state index is 0.721. The largest absolute Gasteiger partial charge is 0.311 e. The number of hydrogen-bond donors (Lipinski definition) is 1. The van der Waals surface area contributed by atoms with Crippen LogP contribution in [0, 0.1) is 11.8 Å². The SMILES string of the molecule is CC(C)CC1CN(C2CCCC(C)C2)C(C)CN1. The molecular weight excluding hydrogens is 220 g/mol. The van der Waals surface area contributed by atoms with Crippen LogP contribution in [0.25, 0.3) is 0 Å². The van der Waals surface area contributed by atoms with Crippen LogP contribution in [0.2, 0.25) is 0 Å². The van der Waals surface area contributed by atoms with Gasteiger partial charge in [0.05, 0.1) is 0 Å². The van der Waals surface area contributed by atoms with Crippen LogP contribution in [-0.4, -0.2) is 36.1 Å². The molecule has 18 heavy (non-hydrogen) atoms. The van der Waals surface area contributed by atoms with Crippen molar-refractivity contribution in [2.24, 2.45) is 11.8 Å². The zero-order valence-corrected chi connectivity index (χ0v) is 12.8. The molecule has 0 bridgehead atoms. The lowest BCUT2D eigenvalue weighted by Crippen LogP contribution is -2.59. The van der Waals surface area contributed by atoms with Gasteiger partial charge in [0.2, 0.25) is 0 Å². The van der Waals surface area contributed by atoms with Crippen molar-refractivity contribution in [1.82, 2.24) is 10.2 Å². The van der Waals surface area contributed by atoms with Gasteiger partial charge in [-0.05, 0) is 38.0 Å². The van der Waals surface area contributed by atoms with Crippen LogP contribution in [0.3, 0.4) is 0 Å². The second kappa shape index (κ2) is 6.38. The van der Waals surface area contributed by atoms with Crippen molar-refractivity contribution >= 4 is 0 Å². The van der Waals surface area contributed by atoms with Crippen LogP contribution < -0.4 is 5.32 Å². The lowest BCUT2D eigenvalue weighted by molar-refractivity contribution is 0.0547. The predicted octanol–water partition coefficient (Wildman–Crippen LogP) is 3.27. The topological polar surface area (TPSA) is 15.3 Å². The summed E-state index contributed by atoms with van der Waals surface area (Å²) in [5.41, 5.74) is 0. The fraction of sp³-hybridized carbons (Fsp3) is 1.00. The first-order valence-electron chi connectivity index (χ1n) is 8.05. The number of nitrogens with zero attached hydrogens (tertiary/aromatic N) is 1. The van der Waals surface area contributed by atoms with E-state index in [0.29, 0.717) is 0 Å². The molecule has 1 aliphatic carbocycles. The van der Waals surface area contributed by atoms with Crippen LogP contribution in [0.15, 0.2) is 0 Å². The van der Waals surface area contributed by atoms with Crippen molar-refractivity contribution in [2.75, 3.05) is 13.1 Å². The molecule has 2 aliphatic rings. The zero-order chi connectivity index (χ0) is 13.1. The Hall–Kier alpha value is -0.0800. The van der Waals surface area contributed by atoms with Gasteiger partial charge >= 0.3 is 0 Å². The molecule has 0 spiro atoms. The average Bonchev–Trinajstić information content (AvgIpc) is 2.31. The maximum absolute atomic E-state index is 3.74. The third-order valence-electron chi connectivity index (χ3n) is 4.83. The van der Waals surface area contributed by atoms with Crippen molar-refractivity contribution in [3.05, 3.63) is 0 Å². The first-order valence-corrected chi connectivity index (χ1v) is 8.05. The molecule has 2 rings (SSSR count). The Morgan fingerprint density at radius 1 is 1.22 bits per heavy atom. The summed E-state index contributed by atoms with van der Waals surface area (Å²) in [7, 11) is 0. The molecule has 0 amide bonds. The fourth-order valence-electron chi connectivity index (χ4n) is 3.89. The Morgan fingerprint density at radius 3 is 2.67 bits per heavy atom. The summed E-state index contributed by atoms with van der Waals surface area (Å²) in [6.45, 7) is 12.0. The minimum Gasteiger partial charge on any atom is -0.311 e. The normalized spacial score (nSPS) is 39.2. The molecule has 1 heterocycles. The number of nitrogens with one attached hydrogen (secondary N) is 1. The Balaban J connectivity index is 1.92.